The van der Waals surface area contributed by atoms with E-state index in [-0.39, 0.29) is 17.4 Å². The average molecular weight is 352 g/mol. The number of rotatable bonds is 8. The molecular weight excluding hydrogens is 332 g/mol. The van der Waals surface area contributed by atoms with Crippen molar-refractivity contribution < 1.29 is 18.3 Å². The molecule has 0 spiro atoms. The quantitative estimate of drug-likeness (QED) is 0.735. The molecule has 0 radical (unpaired) electrons. The first kappa shape index (κ1) is 18.1. The second kappa shape index (κ2) is 7.54. The summed E-state index contributed by atoms with van der Waals surface area (Å²) >= 11 is 0. The highest BCUT2D eigenvalue weighted by atomic mass is 32.2. The lowest BCUT2D eigenvalue weighted by Gasteiger charge is -2.21. The van der Waals surface area contributed by atoms with Gasteiger partial charge < -0.3 is 5.11 Å². The van der Waals surface area contributed by atoms with Crippen LogP contribution in [0.15, 0.2) is 41.8 Å². The number of hydrogen-bond acceptors (Lipinski definition) is 5. The van der Waals surface area contributed by atoms with Gasteiger partial charge in [0.25, 0.3) is 0 Å². The van der Waals surface area contributed by atoms with E-state index in [4.69, 9.17) is 0 Å². The lowest BCUT2D eigenvalue weighted by atomic mass is 10.0. The number of carboxylic acid groups (broad SMARTS) is 1. The van der Waals surface area contributed by atoms with Crippen molar-refractivity contribution in [3.8, 4) is 0 Å². The Kier molecular flexibility index (Phi) is 5.68. The number of carbonyl (C=O) groups is 1. The van der Waals surface area contributed by atoms with Gasteiger partial charge in [-0.2, -0.15) is 9.82 Å². The Bertz CT molecular complexity index is 790. The molecule has 1 aromatic heterocycles. The highest BCUT2D eigenvalue weighted by Crippen LogP contribution is 2.19. The minimum atomic E-state index is -3.99. The maximum absolute atomic E-state index is 12.7. The Morgan fingerprint density at radius 1 is 1.38 bits per heavy atom. The number of hydrogen-bond donors (Lipinski definition) is 2. The van der Waals surface area contributed by atoms with Crippen LogP contribution in [0.4, 0.5) is 0 Å². The van der Waals surface area contributed by atoms with Crippen LogP contribution in [0.25, 0.3) is 0 Å². The van der Waals surface area contributed by atoms with Gasteiger partial charge in [0.2, 0.25) is 10.0 Å². The Balaban J connectivity index is 2.33. The van der Waals surface area contributed by atoms with E-state index in [2.05, 4.69) is 14.8 Å². The van der Waals surface area contributed by atoms with E-state index in [1.165, 1.54) is 23.4 Å². The second-order valence-corrected chi connectivity index (χ2v) is 7.21. The first-order valence-electron chi connectivity index (χ1n) is 7.50. The molecule has 2 N–H and O–H groups in total. The van der Waals surface area contributed by atoms with Gasteiger partial charge in [-0.15, -0.1) is 0 Å². The highest BCUT2D eigenvalue weighted by molar-refractivity contribution is 7.89. The van der Waals surface area contributed by atoms with Crippen molar-refractivity contribution in [3.05, 3.63) is 42.5 Å². The summed E-state index contributed by atoms with van der Waals surface area (Å²) in [5.74, 6) is -1.53. The van der Waals surface area contributed by atoms with Crippen LogP contribution in [0.1, 0.15) is 25.8 Å². The van der Waals surface area contributed by atoms with Crippen molar-refractivity contribution in [1.29, 1.82) is 0 Å². The van der Waals surface area contributed by atoms with Crippen molar-refractivity contribution >= 4 is 16.0 Å². The first-order chi connectivity index (χ1) is 11.3. The SMILES string of the molecule is CC[C@H](C)[C@H](NS(=O)(=O)c1ccccc1Cn1cncn1)C(=O)O. The van der Waals surface area contributed by atoms with Crippen molar-refractivity contribution in [2.24, 2.45) is 5.92 Å². The lowest BCUT2D eigenvalue weighted by Crippen LogP contribution is -2.45. The third kappa shape index (κ3) is 4.18. The van der Waals surface area contributed by atoms with Crippen LogP contribution < -0.4 is 4.72 Å². The minimum absolute atomic E-state index is 0.0371. The molecule has 2 rings (SSSR count). The van der Waals surface area contributed by atoms with Gasteiger partial charge in [-0.25, -0.2) is 18.1 Å². The Morgan fingerprint density at radius 2 is 2.08 bits per heavy atom. The molecular formula is C15H20N4O4S. The molecule has 8 nitrogen and oxygen atoms in total. The lowest BCUT2D eigenvalue weighted by molar-refractivity contribution is -0.140. The molecule has 1 heterocycles. The number of nitrogens with zero attached hydrogens (tertiary/aromatic N) is 3. The average Bonchev–Trinajstić information content (AvgIpc) is 3.05. The van der Waals surface area contributed by atoms with E-state index in [9.17, 15) is 18.3 Å². The summed E-state index contributed by atoms with van der Waals surface area (Å²) in [7, 11) is -3.99. The molecule has 0 aliphatic rings. The summed E-state index contributed by atoms with van der Waals surface area (Å²) in [5, 5.41) is 13.3. The molecule has 24 heavy (non-hydrogen) atoms. The van der Waals surface area contributed by atoms with Crippen LogP contribution in [0, 0.1) is 5.92 Å². The van der Waals surface area contributed by atoms with E-state index in [0.29, 0.717) is 12.0 Å². The molecule has 2 aromatic rings. The molecule has 130 valence electrons. The van der Waals surface area contributed by atoms with Gasteiger partial charge in [0.05, 0.1) is 11.4 Å². The highest BCUT2D eigenvalue weighted by Gasteiger charge is 2.30. The van der Waals surface area contributed by atoms with Crippen LogP contribution in [-0.4, -0.2) is 40.3 Å². The van der Waals surface area contributed by atoms with Gasteiger partial charge >= 0.3 is 5.97 Å². The topological polar surface area (TPSA) is 114 Å². The molecule has 9 heteroatoms. The number of carboxylic acids is 1. The number of sulfonamides is 1. The monoisotopic (exact) mass is 352 g/mol. The predicted molar refractivity (Wildman–Crippen MR) is 86.8 cm³/mol. The Morgan fingerprint density at radius 3 is 2.67 bits per heavy atom. The molecule has 0 aliphatic carbocycles. The Hall–Kier alpha value is -2.26. The zero-order valence-corrected chi connectivity index (χ0v) is 14.3. The number of benzene rings is 1. The van der Waals surface area contributed by atoms with Crippen molar-refractivity contribution in [1.82, 2.24) is 19.5 Å². The summed E-state index contributed by atoms with van der Waals surface area (Å²) in [6.45, 7) is 3.73. The summed E-state index contributed by atoms with van der Waals surface area (Å²) in [4.78, 5) is 15.3. The van der Waals surface area contributed by atoms with Crippen LogP contribution in [0.3, 0.4) is 0 Å². The van der Waals surface area contributed by atoms with Crippen LogP contribution in [-0.2, 0) is 21.4 Å². The maximum atomic E-state index is 12.7. The fourth-order valence-electron chi connectivity index (χ4n) is 2.26. The summed E-state index contributed by atoms with van der Waals surface area (Å²) in [6.07, 6.45) is 3.38. The zero-order valence-electron chi connectivity index (χ0n) is 13.5. The third-order valence-electron chi connectivity index (χ3n) is 3.82. The number of nitrogens with one attached hydrogen (secondary N) is 1. The van der Waals surface area contributed by atoms with Gasteiger partial charge in [-0.05, 0) is 17.5 Å². The zero-order chi connectivity index (χ0) is 17.7. The van der Waals surface area contributed by atoms with Crippen molar-refractivity contribution in [3.63, 3.8) is 0 Å². The largest absolute Gasteiger partial charge is 0.480 e. The van der Waals surface area contributed by atoms with Crippen molar-refractivity contribution in [2.75, 3.05) is 0 Å². The molecule has 0 amide bonds. The molecule has 0 bridgehead atoms. The van der Waals surface area contributed by atoms with Gasteiger partial charge in [-0.3, -0.25) is 4.79 Å². The molecule has 0 saturated heterocycles. The normalized spacial score (nSPS) is 14.2. The maximum Gasteiger partial charge on any atom is 0.322 e. The summed E-state index contributed by atoms with van der Waals surface area (Å²) in [5.41, 5.74) is 0.504. The number of aliphatic carboxylic acids is 1. The summed E-state index contributed by atoms with van der Waals surface area (Å²) in [6, 6.07) is 5.24. The van der Waals surface area contributed by atoms with Crippen molar-refractivity contribution in [2.45, 2.75) is 37.8 Å². The third-order valence-corrected chi connectivity index (χ3v) is 5.36. The summed E-state index contributed by atoms with van der Waals surface area (Å²) < 4.78 is 29.2. The molecule has 2 atom stereocenters. The van der Waals surface area contributed by atoms with Gasteiger partial charge in [-0.1, -0.05) is 38.5 Å². The van der Waals surface area contributed by atoms with Crippen LogP contribution in [0.2, 0.25) is 0 Å². The predicted octanol–water partition coefficient (Wildman–Crippen LogP) is 1.10. The minimum Gasteiger partial charge on any atom is -0.480 e. The first-order valence-corrected chi connectivity index (χ1v) is 8.99. The van der Waals surface area contributed by atoms with E-state index in [1.807, 2.05) is 6.92 Å². The molecule has 0 aliphatic heterocycles. The fourth-order valence-corrected chi connectivity index (χ4v) is 3.79. The number of aromatic nitrogens is 3. The fraction of sp³-hybridized carbons (Fsp3) is 0.400. The Labute approximate surface area is 140 Å². The van der Waals surface area contributed by atoms with Crippen LogP contribution >= 0.6 is 0 Å². The van der Waals surface area contributed by atoms with Crippen LogP contribution in [0.5, 0.6) is 0 Å². The van der Waals surface area contributed by atoms with Gasteiger partial charge in [0.1, 0.15) is 18.7 Å². The molecule has 0 unspecified atom stereocenters. The van der Waals surface area contributed by atoms with E-state index >= 15 is 0 Å². The second-order valence-electron chi connectivity index (χ2n) is 5.52. The van der Waals surface area contributed by atoms with E-state index in [0.717, 1.165) is 0 Å². The van der Waals surface area contributed by atoms with Gasteiger partial charge in [0.15, 0.2) is 0 Å². The molecule has 1 aromatic carbocycles. The van der Waals surface area contributed by atoms with E-state index in [1.54, 1.807) is 25.1 Å². The standard InChI is InChI=1S/C15H20N4O4S/c1-3-11(2)14(15(20)21)18-24(22,23)13-7-5-4-6-12(13)8-19-10-16-9-17-19/h4-7,9-11,14,18H,3,8H2,1-2H3,(H,20,21)/t11-,14-/m0/s1. The molecule has 0 saturated carbocycles. The van der Waals surface area contributed by atoms with E-state index < -0.39 is 22.0 Å². The smallest absolute Gasteiger partial charge is 0.322 e. The van der Waals surface area contributed by atoms with Gasteiger partial charge in [0, 0.05) is 0 Å². The molecule has 0 fully saturated rings.